The summed E-state index contributed by atoms with van der Waals surface area (Å²) in [6.07, 6.45) is 6.09. The van der Waals surface area contributed by atoms with Gasteiger partial charge in [-0.25, -0.2) is 24.4 Å². The van der Waals surface area contributed by atoms with Gasteiger partial charge in [0.25, 0.3) is 0 Å². The highest BCUT2D eigenvalue weighted by Gasteiger charge is 2.28. The van der Waals surface area contributed by atoms with Gasteiger partial charge in [0.1, 0.15) is 24.8 Å². The maximum absolute atomic E-state index is 13.0. The van der Waals surface area contributed by atoms with Crippen molar-refractivity contribution in [1.29, 1.82) is 0 Å². The Labute approximate surface area is 179 Å². The lowest BCUT2D eigenvalue weighted by molar-refractivity contribution is -0.120. The van der Waals surface area contributed by atoms with E-state index in [1.165, 1.54) is 12.7 Å². The molecular weight excluding hydrogens is 398 g/mol. The Morgan fingerprint density at radius 3 is 2.84 bits per heavy atom. The van der Waals surface area contributed by atoms with Crippen LogP contribution >= 0.6 is 0 Å². The minimum absolute atomic E-state index is 0.132. The summed E-state index contributed by atoms with van der Waals surface area (Å²) in [6.45, 7) is 3.32. The van der Waals surface area contributed by atoms with Crippen LogP contribution < -0.4 is 10.2 Å². The maximum atomic E-state index is 13.0. The quantitative estimate of drug-likeness (QED) is 0.602. The molecule has 1 aliphatic rings. The molecule has 3 heterocycles. The largest absolute Gasteiger partial charge is 0.462 e. The number of amides is 1. The van der Waals surface area contributed by atoms with E-state index in [1.807, 2.05) is 6.07 Å². The van der Waals surface area contributed by atoms with Gasteiger partial charge >= 0.3 is 5.97 Å². The minimum Gasteiger partial charge on any atom is -0.462 e. The number of piperidine rings is 1. The molecule has 1 unspecified atom stereocenters. The highest BCUT2D eigenvalue weighted by molar-refractivity contribution is 6.02. The molecule has 2 aromatic heterocycles. The molecule has 1 atom stereocenters. The van der Waals surface area contributed by atoms with Crippen molar-refractivity contribution in [2.45, 2.75) is 19.8 Å². The summed E-state index contributed by atoms with van der Waals surface area (Å²) in [5.74, 6) is 0.508. The first-order valence-electron chi connectivity index (χ1n) is 10.1. The summed E-state index contributed by atoms with van der Waals surface area (Å²) in [6, 6.07) is 8.70. The molecule has 0 saturated carbocycles. The van der Waals surface area contributed by atoms with Crippen LogP contribution in [0.5, 0.6) is 0 Å². The van der Waals surface area contributed by atoms with Gasteiger partial charge in [-0.2, -0.15) is 5.10 Å². The highest BCUT2D eigenvalue weighted by Crippen LogP contribution is 2.24. The monoisotopic (exact) mass is 421 g/mol. The lowest BCUT2D eigenvalue weighted by Gasteiger charge is -2.33. The van der Waals surface area contributed by atoms with Crippen LogP contribution in [-0.4, -0.2) is 56.3 Å². The van der Waals surface area contributed by atoms with E-state index in [2.05, 4.69) is 30.3 Å². The van der Waals surface area contributed by atoms with Gasteiger partial charge in [-0.15, -0.1) is 0 Å². The third kappa shape index (κ3) is 4.68. The molecule has 0 bridgehead atoms. The van der Waals surface area contributed by atoms with Gasteiger partial charge < -0.3 is 15.0 Å². The summed E-state index contributed by atoms with van der Waals surface area (Å²) in [5.41, 5.74) is 0.803. The predicted molar refractivity (Wildman–Crippen MR) is 113 cm³/mol. The number of rotatable bonds is 6. The van der Waals surface area contributed by atoms with Gasteiger partial charge in [-0.3, -0.25) is 4.79 Å². The first-order valence-corrected chi connectivity index (χ1v) is 10.1. The number of nitrogens with one attached hydrogen (secondary N) is 1. The number of carbonyl (C=O) groups is 2. The van der Waals surface area contributed by atoms with Crippen LogP contribution in [0.1, 0.15) is 30.1 Å². The molecule has 160 valence electrons. The predicted octanol–water partition coefficient (Wildman–Crippen LogP) is 2.09. The van der Waals surface area contributed by atoms with E-state index < -0.39 is 5.97 Å². The third-order valence-electron chi connectivity index (χ3n) is 5.09. The topological polar surface area (TPSA) is 115 Å². The molecular formula is C21H23N7O3. The fourth-order valence-corrected chi connectivity index (χ4v) is 3.57. The van der Waals surface area contributed by atoms with Crippen molar-refractivity contribution in [3.63, 3.8) is 0 Å². The lowest BCUT2D eigenvalue weighted by atomic mass is 9.96. The molecule has 0 aliphatic carbocycles. The summed E-state index contributed by atoms with van der Waals surface area (Å²) in [7, 11) is 0. The zero-order valence-corrected chi connectivity index (χ0v) is 17.1. The molecule has 1 fully saturated rings. The van der Waals surface area contributed by atoms with E-state index in [-0.39, 0.29) is 18.4 Å². The second-order valence-corrected chi connectivity index (χ2v) is 7.11. The van der Waals surface area contributed by atoms with E-state index in [1.54, 1.807) is 42.2 Å². The van der Waals surface area contributed by atoms with Crippen LogP contribution in [0, 0.1) is 5.92 Å². The normalized spacial score (nSPS) is 16.0. The molecule has 1 aromatic carbocycles. The van der Waals surface area contributed by atoms with Gasteiger partial charge in [0.05, 0.1) is 23.8 Å². The number of para-hydroxylation sites is 1. The van der Waals surface area contributed by atoms with Gasteiger partial charge in [0, 0.05) is 19.2 Å². The SMILES string of the molecule is CCOC(=O)c1ccccc1NC(=O)C1CCCN(c2cc(-n3cncn3)ncn2)C1. The van der Waals surface area contributed by atoms with E-state index in [9.17, 15) is 9.59 Å². The molecule has 31 heavy (non-hydrogen) atoms. The average molecular weight is 421 g/mol. The van der Waals surface area contributed by atoms with Crippen molar-refractivity contribution in [1.82, 2.24) is 24.7 Å². The number of hydrogen-bond acceptors (Lipinski definition) is 8. The lowest BCUT2D eigenvalue weighted by Crippen LogP contribution is -2.41. The number of carbonyl (C=O) groups excluding carboxylic acids is 2. The molecule has 4 rings (SSSR count). The summed E-state index contributed by atoms with van der Waals surface area (Å²) in [5, 5.41) is 7.00. The minimum atomic E-state index is -0.453. The highest BCUT2D eigenvalue weighted by atomic mass is 16.5. The first kappa shape index (κ1) is 20.5. The van der Waals surface area contributed by atoms with Crippen LogP contribution in [0.2, 0.25) is 0 Å². The fraction of sp³-hybridized carbons (Fsp3) is 0.333. The first-order chi connectivity index (χ1) is 15.2. The number of ether oxygens (including phenoxy) is 1. The van der Waals surface area contributed by atoms with Crippen LogP contribution in [0.15, 0.2) is 49.3 Å². The molecule has 10 nitrogen and oxygen atoms in total. The van der Waals surface area contributed by atoms with Crippen LogP contribution in [0.3, 0.4) is 0 Å². The van der Waals surface area contributed by atoms with E-state index >= 15 is 0 Å². The second kappa shape index (κ2) is 9.33. The van der Waals surface area contributed by atoms with Crippen LogP contribution in [0.25, 0.3) is 5.82 Å². The van der Waals surface area contributed by atoms with Crippen LogP contribution in [-0.2, 0) is 9.53 Å². The van der Waals surface area contributed by atoms with Gasteiger partial charge in [0.2, 0.25) is 5.91 Å². The van der Waals surface area contributed by atoms with Gasteiger partial charge in [0.15, 0.2) is 5.82 Å². The Morgan fingerprint density at radius 2 is 2.03 bits per heavy atom. The Morgan fingerprint density at radius 1 is 1.19 bits per heavy atom. The van der Waals surface area contributed by atoms with Crippen molar-refractivity contribution in [2.24, 2.45) is 5.92 Å². The molecule has 3 aromatic rings. The Bertz CT molecular complexity index is 1050. The summed E-state index contributed by atoms with van der Waals surface area (Å²) < 4.78 is 6.65. The van der Waals surface area contributed by atoms with Crippen molar-refractivity contribution in [3.8, 4) is 5.82 Å². The van der Waals surface area contributed by atoms with E-state index in [4.69, 9.17) is 4.74 Å². The summed E-state index contributed by atoms with van der Waals surface area (Å²) in [4.78, 5) is 39.8. The fourth-order valence-electron chi connectivity index (χ4n) is 3.57. The maximum Gasteiger partial charge on any atom is 0.340 e. The van der Waals surface area contributed by atoms with Crippen LogP contribution in [0.4, 0.5) is 11.5 Å². The number of hydrogen-bond donors (Lipinski definition) is 1. The zero-order valence-electron chi connectivity index (χ0n) is 17.1. The number of esters is 1. The van der Waals surface area contributed by atoms with Gasteiger partial charge in [-0.05, 0) is 31.9 Å². The van der Waals surface area contributed by atoms with Crippen molar-refractivity contribution in [3.05, 3.63) is 54.9 Å². The molecule has 10 heteroatoms. The van der Waals surface area contributed by atoms with Crippen molar-refractivity contribution < 1.29 is 14.3 Å². The van der Waals surface area contributed by atoms with E-state index in [0.29, 0.717) is 23.6 Å². The second-order valence-electron chi connectivity index (χ2n) is 7.11. The number of benzene rings is 1. The smallest absolute Gasteiger partial charge is 0.340 e. The average Bonchev–Trinajstić information content (AvgIpc) is 3.35. The number of nitrogens with zero attached hydrogens (tertiary/aromatic N) is 6. The zero-order chi connectivity index (χ0) is 21.6. The molecule has 1 saturated heterocycles. The number of aromatic nitrogens is 5. The molecule has 1 aliphatic heterocycles. The van der Waals surface area contributed by atoms with Crippen molar-refractivity contribution >= 4 is 23.4 Å². The van der Waals surface area contributed by atoms with Gasteiger partial charge in [-0.1, -0.05) is 12.1 Å². The Hall–Kier alpha value is -3.82. The Balaban J connectivity index is 1.47. The molecule has 1 amide bonds. The van der Waals surface area contributed by atoms with Crippen molar-refractivity contribution in [2.75, 3.05) is 29.9 Å². The Kier molecular flexibility index (Phi) is 6.16. The number of anilines is 2. The molecule has 0 radical (unpaired) electrons. The standard InChI is InChI=1S/C21H23N7O3/c1-2-31-21(30)16-7-3-4-8-17(16)26-20(29)15-6-5-9-27(11-15)18-10-19(24-13-23-18)28-14-22-12-25-28/h3-4,7-8,10,12-15H,2,5-6,9,11H2,1H3,(H,26,29). The summed E-state index contributed by atoms with van der Waals surface area (Å²) >= 11 is 0. The third-order valence-corrected chi connectivity index (χ3v) is 5.09. The van der Waals surface area contributed by atoms with E-state index in [0.717, 1.165) is 25.2 Å². The molecule has 1 N–H and O–H groups in total. The molecule has 0 spiro atoms.